The third-order valence-corrected chi connectivity index (χ3v) is 4.28. The molecule has 2 aliphatic rings. The van der Waals surface area contributed by atoms with Crippen LogP contribution in [0.25, 0.3) is 0 Å². The van der Waals surface area contributed by atoms with Crippen molar-refractivity contribution in [2.45, 2.75) is 25.6 Å². The van der Waals surface area contributed by atoms with Gasteiger partial charge in [0.05, 0.1) is 19.8 Å². The van der Waals surface area contributed by atoms with Crippen LogP contribution in [0.4, 0.5) is 5.69 Å². The van der Waals surface area contributed by atoms with Crippen molar-refractivity contribution in [3.63, 3.8) is 0 Å². The molecule has 1 aromatic rings. The van der Waals surface area contributed by atoms with E-state index in [2.05, 4.69) is 0 Å². The van der Waals surface area contributed by atoms with Crippen LogP contribution in [0, 0.1) is 0 Å². The predicted octanol–water partition coefficient (Wildman–Crippen LogP) is 1.19. The number of likely N-dealkylation sites (N-methyl/N-ethyl adjacent to an activating group) is 1. The van der Waals surface area contributed by atoms with E-state index in [1.807, 2.05) is 24.3 Å². The Kier molecular flexibility index (Phi) is 4.93. The Balaban J connectivity index is 1.48. The molecule has 3 rings (SSSR count). The molecule has 1 saturated heterocycles. The van der Waals surface area contributed by atoms with Gasteiger partial charge in [-0.3, -0.25) is 9.59 Å². The summed E-state index contributed by atoms with van der Waals surface area (Å²) in [7, 11) is 1.71. The highest BCUT2D eigenvalue weighted by Gasteiger charge is 2.25. The minimum atomic E-state index is -0.342. The average Bonchev–Trinajstić information content (AvgIpc) is 3.21. The molecule has 0 unspecified atom stereocenters. The van der Waals surface area contributed by atoms with Gasteiger partial charge in [0.15, 0.2) is 6.29 Å². The molecule has 6 heteroatoms. The zero-order chi connectivity index (χ0) is 16.2. The second-order valence-corrected chi connectivity index (χ2v) is 5.87. The van der Waals surface area contributed by atoms with E-state index in [9.17, 15) is 9.59 Å². The maximum Gasteiger partial charge on any atom is 0.227 e. The highest BCUT2D eigenvalue weighted by atomic mass is 16.7. The van der Waals surface area contributed by atoms with Crippen molar-refractivity contribution in [3.05, 3.63) is 29.8 Å². The SMILES string of the molecule is CN(CC1OCCO1)C(=O)CCC(=O)N1CCc2ccccc21. The number of hydrogen-bond acceptors (Lipinski definition) is 4. The molecule has 1 fully saturated rings. The molecule has 23 heavy (non-hydrogen) atoms. The monoisotopic (exact) mass is 318 g/mol. The van der Waals surface area contributed by atoms with Crippen molar-refractivity contribution in [2.75, 3.05) is 38.3 Å². The van der Waals surface area contributed by atoms with Crippen molar-refractivity contribution in [1.29, 1.82) is 0 Å². The Bertz CT molecular complexity index is 584. The number of fused-ring (bicyclic) bond motifs is 1. The van der Waals surface area contributed by atoms with Gasteiger partial charge in [0.1, 0.15) is 0 Å². The second-order valence-electron chi connectivity index (χ2n) is 5.87. The fraction of sp³-hybridized carbons (Fsp3) is 0.529. The number of carbonyl (C=O) groups excluding carboxylic acids is 2. The van der Waals surface area contributed by atoms with Crippen LogP contribution in [0.3, 0.4) is 0 Å². The van der Waals surface area contributed by atoms with Crippen molar-refractivity contribution in [1.82, 2.24) is 4.90 Å². The summed E-state index contributed by atoms with van der Waals surface area (Å²) in [5.41, 5.74) is 2.17. The van der Waals surface area contributed by atoms with Crippen LogP contribution in [0.2, 0.25) is 0 Å². The molecule has 6 nitrogen and oxygen atoms in total. The van der Waals surface area contributed by atoms with Crippen LogP contribution >= 0.6 is 0 Å². The molecular formula is C17H22N2O4. The van der Waals surface area contributed by atoms with Gasteiger partial charge in [-0.2, -0.15) is 0 Å². The fourth-order valence-corrected chi connectivity index (χ4v) is 2.98. The molecule has 0 aromatic heterocycles. The number of carbonyl (C=O) groups is 2. The number of ether oxygens (including phenoxy) is 2. The van der Waals surface area contributed by atoms with E-state index in [0.717, 1.165) is 12.1 Å². The van der Waals surface area contributed by atoms with E-state index < -0.39 is 0 Å². The molecule has 2 aliphatic heterocycles. The molecule has 0 aliphatic carbocycles. The lowest BCUT2D eigenvalue weighted by Crippen LogP contribution is -2.36. The number of benzene rings is 1. The van der Waals surface area contributed by atoms with E-state index in [4.69, 9.17) is 9.47 Å². The molecule has 0 saturated carbocycles. The Hall–Kier alpha value is -1.92. The number of hydrogen-bond donors (Lipinski definition) is 0. The minimum absolute atomic E-state index is 0.00469. The topological polar surface area (TPSA) is 59.1 Å². The highest BCUT2D eigenvalue weighted by Crippen LogP contribution is 2.28. The number of anilines is 1. The van der Waals surface area contributed by atoms with E-state index in [-0.39, 0.29) is 30.9 Å². The quantitative estimate of drug-likeness (QED) is 0.818. The summed E-state index contributed by atoms with van der Waals surface area (Å²) in [5, 5.41) is 0. The van der Waals surface area contributed by atoms with Gasteiger partial charge in [-0.05, 0) is 18.1 Å². The zero-order valence-corrected chi connectivity index (χ0v) is 13.4. The maximum absolute atomic E-state index is 12.4. The molecule has 124 valence electrons. The fourth-order valence-electron chi connectivity index (χ4n) is 2.98. The summed E-state index contributed by atoms with van der Waals surface area (Å²) in [4.78, 5) is 27.9. The Morgan fingerprint density at radius 1 is 1.22 bits per heavy atom. The van der Waals surface area contributed by atoms with Gasteiger partial charge < -0.3 is 19.3 Å². The molecule has 2 amide bonds. The lowest BCUT2D eigenvalue weighted by atomic mass is 10.2. The average molecular weight is 318 g/mol. The van der Waals surface area contributed by atoms with Crippen LogP contribution in [0.5, 0.6) is 0 Å². The first-order valence-electron chi connectivity index (χ1n) is 8.00. The van der Waals surface area contributed by atoms with Gasteiger partial charge in [-0.1, -0.05) is 18.2 Å². The number of rotatable bonds is 5. The molecule has 0 N–H and O–H groups in total. The molecule has 0 bridgehead atoms. The number of amides is 2. The molecule has 1 aromatic carbocycles. The smallest absolute Gasteiger partial charge is 0.227 e. The standard InChI is InChI=1S/C17H22N2O4/c1-18(12-17-22-10-11-23-17)15(20)6-7-16(21)19-9-8-13-4-2-3-5-14(13)19/h2-5,17H,6-12H2,1H3. The first-order valence-corrected chi connectivity index (χ1v) is 8.00. The minimum Gasteiger partial charge on any atom is -0.348 e. The van der Waals surface area contributed by atoms with E-state index in [0.29, 0.717) is 26.3 Å². The Labute approximate surface area is 136 Å². The van der Waals surface area contributed by atoms with Gasteiger partial charge in [0, 0.05) is 32.1 Å². The van der Waals surface area contributed by atoms with Crippen LogP contribution in [0.15, 0.2) is 24.3 Å². The number of nitrogens with zero attached hydrogens (tertiary/aromatic N) is 2. The van der Waals surface area contributed by atoms with Crippen LogP contribution in [-0.2, 0) is 25.5 Å². The summed E-state index contributed by atoms with van der Waals surface area (Å²) in [5.74, 6) is -0.0602. The summed E-state index contributed by atoms with van der Waals surface area (Å²) in [6, 6.07) is 7.93. The lowest BCUT2D eigenvalue weighted by molar-refractivity contribution is -0.136. The molecule has 0 atom stereocenters. The number of para-hydroxylation sites is 1. The first kappa shape index (κ1) is 16.0. The maximum atomic E-state index is 12.4. The Morgan fingerprint density at radius 3 is 2.74 bits per heavy atom. The van der Waals surface area contributed by atoms with E-state index >= 15 is 0 Å². The largest absolute Gasteiger partial charge is 0.348 e. The van der Waals surface area contributed by atoms with E-state index in [1.165, 1.54) is 5.56 Å². The van der Waals surface area contributed by atoms with Crippen LogP contribution in [0.1, 0.15) is 18.4 Å². The van der Waals surface area contributed by atoms with Crippen LogP contribution in [-0.4, -0.2) is 56.4 Å². The highest BCUT2D eigenvalue weighted by molar-refractivity contribution is 5.97. The summed E-state index contributed by atoms with van der Waals surface area (Å²) < 4.78 is 10.7. The lowest BCUT2D eigenvalue weighted by Gasteiger charge is -2.21. The van der Waals surface area contributed by atoms with Crippen molar-refractivity contribution < 1.29 is 19.1 Å². The summed E-state index contributed by atoms with van der Waals surface area (Å²) in [6.45, 7) is 2.24. The normalized spacial score (nSPS) is 17.3. The molecule has 0 spiro atoms. The molecule has 0 radical (unpaired) electrons. The van der Waals surface area contributed by atoms with Crippen molar-refractivity contribution in [3.8, 4) is 0 Å². The van der Waals surface area contributed by atoms with Gasteiger partial charge >= 0.3 is 0 Å². The van der Waals surface area contributed by atoms with E-state index in [1.54, 1.807) is 16.8 Å². The van der Waals surface area contributed by atoms with Crippen molar-refractivity contribution in [2.24, 2.45) is 0 Å². The van der Waals surface area contributed by atoms with Crippen molar-refractivity contribution >= 4 is 17.5 Å². The van der Waals surface area contributed by atoms with Gasteiger partial charge in [0.25, 0.3) is 0 Å². The summed E-state index contributed by atoms with van der Waals surface area (Å²) in [6.07, 6.45) is 0.974. The zero-order valence-electron chi connectivity index (χ0n) is 13.4. The molecular weight excluding hydrogens is 296 g/mol. The van der Waals surface area contributed by atoms with Gasteiger partial charge in [-0.15, -0.1) is 0 Å². The third kappa shape index (κ3) is 3.71. The van der Waals surface area contributed by atoms with Gasteiger partial charge in [0.2, 0.25) is 11.8 Å². The molecule has 2 heterocycles. The summed E-state index contributed by atoms with van der Waals surface area (Å²) >= 11 is 0. The predicted molar refractivity (Wildman–Crippen MR) is 85.1 cm³/mol. The van der Waals surface area contributed by atoms with Crippen LogP contribution < -0.4 is 4.90 Å². The Morgan fingerprint density at radius 2 is 1.96 bits per heavy atom. The third-order valence-electron chi connectivity index (χ3n) is 4.28. The second kappa shape index (κ2) is 7.10. The van der Waals surface area contributed by atoms with Gasteiger partial charge in [-0.25, -0.2) is 0 Å². The first-order chi connectivity index (χ1) is 11.1.